The Kier molecular flexibility index (Phi) is 5.71. The number of hydrogen-bond donors (Lipinski definition) is 0. The average molecular weight is 359 g/mol. The van der Waals surface area contributed by atoms with E-state index in [1.165, 1.54) is 12.1 Å². The molecule has 0 aliphatic carbocycles. The van der Waals surface area contributed by atoms with Crippen molar-refractivity contribution >= 4 is 5.91 Å². The highest BCUT2D eigenvalue weighted by Gasteiger charge is 2.28. The van der Waals surface area contributed by atoms with Gasteiger partial charge in [0, 0.05) is 13.1 Å². The Morgan fingerprint density at radius 2 is 1.88 bits per heavy atom. The van der Waals surface area contributed by atoms with Crippen LogP contribution in [0.25, 0.3) is 5.69 Å². The number of aromatic nitrogens is 2. The van der Waals surface area contributed by atoms with Crippen LogP contribution in [0.3, 0.4) is 0 Å². The van der Waals surface area contributed by atoms with Gasteiger partial charge in [0.25, 0.3) is 5.91 Å². The number of morpholine rings is 1. The molecule has 0 bridgehead atoms. The quantitative estimate of drug-likeness (QED) is 0.823. The summed E-state index contributed by atoms with van der Waals surface area (Å²) >= 11 is 0. The highest BCUT2D eigenvalue weighted by Crippen LogP contribution is 2.24. The van der Waals surface area contributed by atoms with Crippen molar-refractivity contribution in [3.8, 4) is 5.69 Å². The first-order valence-electron chi connectivity index (χ1n) is 9.25. The molecule has 1 saturated heterocycles. The molecule has 1 aromatic carbocycles. The lowest BCUT2D eigenvalue weighted by molar-refractivity contribution is 0.0301. The molecular formula is C20H26FN3O2. The Bertz CT molecular complexity index is 762. The molecule has 1 aromatic heterocycles. The van der Waals surface area contributed by atoms with Crippen LogP contribution in [0.2, 0.25) is 0 Å². The van der Waals surface area contributed by atoms with Crippen LogP contribution in [0.5, 0.6) is 0 Å². The standard InChI is InChI=1S/C20H26FN3O2/c1-4-18-19(20(25)23-9-11-26-12-10-23)17(13-14(2)3)22-24(18)16-7-5-15(21)6-8-16/h5-8,14H,4,9-13H2,1-3H3. The molecular weight excluding hydrogens is 333 g/mol. The van der Waals surface area contributed by atoms with Gasteiger partial charge in [0.1, 0.15) is 5.82 Å². The average Bonchev–Trinajstić information content (AvgIpc) is 2.99. The van der Waals surface area contributed by atoms with Gasteiger partial charge >= 0.3 is 0 Å². The van der Waals surface area contributed by atoms with E-state index in [9.17, 15) is 9.18 Å². The zero-order valence-corrected chi connectivity index (χ0v) is 15.7. The van der Waals surface area contributed by atoms with Crippen LogP contribution in [0.1, 0.15) is 42.5 Å². The van der Waals surface area contributed by atoms with E-state index < -0.39 is 0 Å². The molecule has 1 fully saturated rings. The number of rotatable bonds is 5. The summed E-state index contributed by atoms with van der Waals surface area (Å²) in [7, 11) is 0. The molecule has 0 atom stereocenters. The number of carbonyl (C=O) groups excluding carboxylic acids is 1. The van der Waals surface area contributed by atoms with E-state index in [4.69, 9.17) is 9.84 Å². The summed E-state index contributed by atoms with van der Waals surface area (Å²) < 4.78 is 20.5. The molecule has 2 aromatic rings. The van der Waals surface area contributed by atoms with Crippen molar-refractivity contribution in [1.82, 2.24) is 14.7 Å². The minimum absolute atomic E-state index is 0.0224. The minimum Gasteiger partial charge on any atom is -0.378 e. The summed E-state index contributed by atoms with van der Waals surface area (Å²) in [5.41, 5.74) is 3.17. The Labute approximate surface area is 153 Å². The van der Waals surface area contributed by atoms with Crippen LogP contribution in [-0.4, -0.2) is 46.9 Å². The minimum atomic E-state index is -0.286. The van der Waals surface area contributed by atoms with Gasteiger partial charge < -0.3 is 9.64 Å². The second kappa shape index (κ2) is 7.99. The summed E-state index contributed by atoms with van der Waals surface area (Å²) in [5.74, 6) is 0.118. The highest BCUT2D eigenvalue weighted by atomic mass is 19.1. The van der Waals surface area contributed by atoms with Crippen molar-refractivity contribution in [1.29, 1.82) is 0 Å². The van der Waals surface area contributed by atoms with E-state index in [0.717, 1.165) is 23.5 Å². The monoisotopic (exact) mass is 359 g/mol. The smallest absolute Gasteiger partial charge is 0.257 e. The predicted molar refractivity (Wildman–Crippen MR) is 98.2 cm³/mol. The van der Waals surface area contributed by atoms with E-state index in [1.807, 2.05) is 11.8 Å². The Morgan fingerprint density at radius 1 is 1.23 bits per heavy atom. The Hall–Kier alpha value is -2.21. The van der Waals surface area contributed by atoms with Crippen LogP contribution in [0.15, 0.2) is 24.3 Å². The second-order valence-electron chi connectivity index (χ2n) is 7.01. The maximum absolute atomic E-state index is 13.3. The summed E-state index contributed by atoms with van der Waals surface area (Å²) in [6.07, 6.45) is 1.40. The number of ether oxygens (including phenoxy) is 1. The van der Waals surface area contributed by atoms with Crippen molar-refractivity contribution in [2.45, 2.75) is 33.6 Å². The van der Waals surface area contributed by atoms with Crippen molar-refractivity contribution in [2.24, 2.45) is 5.92 Å². The van der Waals surface area contributed by atoms with E-state index >= 15 is 0 Å². The third kappa shape index (κ3) is 3.80. The van der Waals surface area contributed by atoms with Gasteiger partial charge in [0.15, 0.2) is 0 Å². The first-order valence-corrected chi connectivity index (χ1v) is 9.25. The first kappa shape index (κ1) is 18.6. The number of halogens is 1. The number of amides is 1. The first-order chi connectivity index (χ1) is 12.5. The van der Waals surface area contributed by atoms with E-state index in [0.29, 0.717) is 44.2 Å². The van der Waals surface area contributed by atoms with Crippen LogP contribution in [-0.2, 0) is 17.6 Å². The van der Waals surface area contributed by atoms with Crippen LogP contribution < -0.4 is 0 Å². The SMILES string of the molecule is CCc1c(C(=O)N2CCOCC2)c(CC(C)C)nn1-c1ccc(F)cc1. The third-order valence-electron chi connectivity index (χ3n) is 4.57. The summed E-state index contributed by atoms with van der Waals surface area (Å²) in [4.78, 5) is 15.1. The number of benzene rings is 1. The molecule has 0 saturated carbocycles. The third-order valence-corrected chi connectivity index (χ3v) is 4.57. The molecule has 1 aliphatic heterocycles. The molecule has 1 aliphatic rings. The molecule has 140 valence electrons. The Balaban J connectivity index is 2.07. The highest BCUT2D eigenvalue weighted by molar-refractivity contribution is 5.96. The summed E-state index contributed by atoms with van der Waals surface area (Å²) in [5, 5.41) is 4.75. The fourth-order valence-electron chi connectivity index (χ4n) is 3.33. The van der Waals surface area contributed by atoms with Crippen molar-refractivity contribution in [2.75, 3.05) is 26.3 Å². The van der Waals surface area contributed by atoms with Gasteiger partial charge in [-0.1, -0.05) is 20.8 Å². The van der Waals surface area contributed by atoms with Gasteiger partial charge in [-0.3, -0.25) is 4.79 Å². The fourth-order valence-corrected chi connectivity index (χ4v) is 3.33. The normalized spacial score (nSPS) is 14.9. The molecule has 3 rings (SSSR count). The van der Waals surface area contributed by atoms with Gasteiger partial charge in [-0.2, -0.15) is 5.10 Å². The van der Waals surface area contributed by atoms with Gasteiger partial charge in [-0.05, 0) is 43.0 Å². The molecule has 0 spiro atoms. The maximum Gasteiger partial charge on any atom is 0.257 e. The molecule has 1 amide bonds. The molecule has 26 heavy (non-hydrogen) atoms. The van der Waals surface area contributed by atoms with Crippen molar-refractivity contribution in [3.05, 3.63) is 47.0 Å². The van der Waals surface area contributed by atoms with E-state index in [-0.39, 0.29) is 11.7 Å². The fraction of sp³-hybridized carbons (Fsp3) is 0.500. The molecule has 0 radical (unpaired) electrons. The van der Waals surface area contributed by atoms with Crippen molar-refractivity contribution < 1.29 is 13.9 Å². The lowest BCUT2D eigenvalue weighted by Gasteiger charge is -2.27. The zero-order valence-electron chi connectivity index (χ0n) is 15.7. The Morgan fingerprint density at radius 3 is 2.46 bits per heavy atom. The number of carbonyl (C=O) groups is 1. The topological polar surface area (TPSA) is 47.4 Å². The molecule has 0 N–H and O–H groups in total. The molecule has 6 heteroatoms. The maximum atomic E-state index is 13.3. The van der Waals surface area contributed by atoms with Gasteiger partial charge in [0.2, 0.25) is 0 Å². The predicted octanol–water partition coefficient (Wildman–Crippen LogP) is 3.24. The number of hydrogen-bond acceptors (Lipinski definition) is 3. The largest absolute Gasteiger partial charge is 0.378 e. The summed E-state index contributed by atoms with van der Waals surface area (Å²) in [6, 6.07) is 6.23. The van der Waals surface area contributed by atoms with Crippen LogP contribution >= 0.6 is 0 Å². The van der Waals surface area contributed by atoms with Gasteiger partial charge in [0.05, 0.1) is 35.9 Å². The van der Waals surface area contributed by atoms with Crippen molar-refractivity contribution in [3.63, 3.8) is 0 Å². The van der Waals surface area contributed by atoms with E-state index in [2.05, 4.69) is 13.8 Å². The van der Waals surface area contributed by atoms with Crippen LogP contribution in [0, 0.1) is 11.7 Å². The second-order valence-corrected chi connectivity index (χ2v) is 7.01. The lowest BCUT2D eigenvalue weighted by Crippen LogP contribution is -2.41. The molecule has 0 unspecified atom stereocenters. The van der Waals surface area contributed by atoms with E-state index in [1.54, 1.807) is 16.8 Å². The summed E-state index contributed by atoms with van der Waals surface area (Å²) in [6.45, 7) is 8.59. The number of nitrogens with zero attached hydrogens (tertiary/aromatic N) is 3. The molecule has 2 heterocycles. The molecule has 5 nitrogen and oxygen atoms in total. The lowest BCUT2D eigenvalue weighted by atomic mass is 10.0. The van der Waals surface area contributed by atoms with Crippen LogP contribution in [0.4, 0.5) is 4.39 Å². The zero-order chi connectivity index (χ0) is 18.7. The van der Waals surface area contributed by atoms with Gasteiger partial charge in [-0.25, -0.2) is 9.07 Å². The van der Waals surface area contributed by atoms with Gasteiger partial charge in [-0.15, -0.1) is 0 Å².